The van der Waals surface area contributed by atoms with Crippen LogP contribution in [0.1, 0.15) is 48.9 Å². The van der Waals surface area contributed by atoms with Crippen LogP contribution in [0.5, 0.6) is 5.75 Å². The molecule has 21 heavy (non-hydrogen) atoms. The van der Waals surface area contributed by atoms with Crippen molar-refractivity contribution in [3.63, 3.8) is 0 Å². The van der Waals surface area contributed by atoms with Crippen molar-refractivity contribution < 1.29 is 14.1 Å². The van der Waals surface area contributed by atoms with Gasteiger partial charge in [-0.1, -0.05) is 23.7 Å². The number of hydrogen-bond acceptors (Lipinski definition) is 5. The fourth-order valence-electron chi connectivity index (χ4n) is 2.65. The van der Waals surface area contributed by atoms with Crippen molar-refractivity contribution in [3.8, 4) is 5.75 Å². The van der Waals surface area contributed by atoms with Crippen LogP contribution >= 0.6 is 0 Å². The number of Topliss-reactive ketones (excluding diaryl/α,β-unsaturated/α-hetero) is 1. The van der Waals surface area contributed by atoms with Crippen molar-refractivity contribution in [2.24, 2.45) is 0 Å². The lowest BCUT2D eigenvalue weighted by atomic mass is 9.88. The predicted octanol–water partition coefficient (Wildman–Crippen LogP) is 2.90. The molecule has 0 spiro atoms. The first-order valence-electron chi connectivity index (χ1n) is 7.24. The van der Waals surface area contributed by atoms with Crippen LogP contribution in [0.3, 0.4) is 0 Å². The van der Waals surface area contributed by atoms with Gasteiger partial charge in [0.2, 0.25) is 5.89 Å². The Balaban J connectivity index is 1.70. The molecule has 1 aliphatic carbocycles. The molecule has 110 valence electrons. The van der Waals surface area contributed by atoms with Crippen molar-refractivity contribution in [2.75, 3.05) is 7.11 Å². The molecule has 0 saturated heterocycles. The third-order valence-electron chi connectivity index (χ3n) is 3.86. The Kier molecular flexibility index (Phi) is 3.99. The van der Waals surface area contributed by atoms with Crippen LogP contribution in [-0.2, 0) is 11.2 Å². The second kappa shape index (κ2) is 6.08. The summed E-state index contributed by atoms with van der Waals surface area (Å²) in [7, 11) is 1.64. The van der Waals surface area contributed by atoms with Crippen LogP contribution in [-0.4, -0.2) is 23.0 Å². The molecule has 1 aliphatic rings. The van der Waals surface area contributed by atoms with Crippen LogP contribution in [0.25, 0.3) is 0 Å². The Bertz CT molecular complexity index is 619. The summed E-state index contributed by atoms with van der Waals surface area (Å²) in [6, 6.07) is 7.75. The summed E-state index contributed by atoms with van der Waals surface area (Å²) in [6.45, 7) is 0. The number of nitrogens with zero attached hydrogens (tertiary/aromatic N) is 2. The van der Waals surface area contributed by atoms with Crippen LogP contribution in [0.4, 0.5) is 0 Å². The van der Waals surface area contributed by atoms with Crippen LogP contribution < -0.4 is 4.74 Å². The second-order valence-electron chi connectivity index (χ2n) is 5.34. The Morgan fingerprint density at radius 3 is 2.81 bits per heavy atom. The molecule has 5 nitrogen and oxygen atoms in total. The SMILES string of the molecule is COc1ccc(Cc2noc(C3CCCCC3=O)n2)cc1. The molecule has 1 atom stereocenters. The normalized spacial score (nSPS) is 18.7. The second-order valence-corrected chi connectivity index (χ2v) is 5.34. The third-order valence-corrected chi connectivity index (χ3v) is 3.86. The van der Waals surface area contributed by atoms with Crippen molar-refractivity contribution in [1.29, 1.82) is 0 Å². The molecule has 1 aromatic carbocycles. The molecule has 0 N–H and O–H groups in total. The lowest BCUT2D eigenvalue weighted by molar-refractivity contribution is -0.122. The van der Waals surface area contributed by atoms with E-state index in [1.165, 1.54) is 0 Å². The van der Waals surface area contributed by atoms with Gasteiger partial charge in [0.15, 0.2) is 5.82 Å². The maximum absolute atomic E-state index is 11.9. The van der Waals surface area contributed by atoms with E-state index in [1.807, 2.05) is 24.3 Å². The largest absolute Gasteiger partial charge is 0.497 e. The van der Waals surface area contributed by atoms with Crippen LogP contribution in [0, 0.1) is 0 Å². The van der Waals surface area contributed by atoms with Gasteiger partial charge in [0, 0.05) is 12.8 Å². The molecule has 1 saturated carbocycles. The first kappa shape index (κ1) is 13.8. The van der Waals surface area contributed by atoms with Gasteiger partial charge in [0.25, 0.3) is 0 Å². The summed E-state index contributed by atoms with van der Waals surface area (Å²) in [5.41, 5.74) is 1.08. The molecule has 3 rings (SSSR count). The van der Waals surface area contributed by atoms with Crippen molar-refractivity contribution >= 4 is 5.78 Å². The molecule has 0 radical (unpaired) electrons. The summed E-state index contributed by atoms with van der Waals surface area (Å²) in [4.78, 5) is 16.3. The summed E-state index contributed by atoms with van der Waals surface area (Å²) < 4.78 is 10.4. The summed E-state index contributed by atoms with van der Waals surface area (Å²) in [5, 5.41) is 3.99. The minimum atomic E-state index is -0.198. The molecule has 0 amide bonds. The Morgan fingerprint density at radius 2 is 2.10 bits per heavy atom. The molecule has 5 heteroatoms. The van der Waals surface area contributed by atoms with Gasteiger partial charge in [-0.3, -0.25) is 4.79 Å². The maximum Gasteiger partial charge on any atom is 0.237 e. The Morgan fingerprint density at radius 1 is 1.29 bits per heavy atom. The highest BCUT2D eigenvalue weighted by Gasteiger charge is 2.28. The number of carbonyl (C=O) groups is 1. The number of benzene rings is 1. The van der Waals surface area contributed by atoms with Gasteiger partial charge in [-0.05, 0) is 30.5 Å². The lowest BCUT2D eigenvalue weighted by Crippen LogP contribution is -2.17. The van der Waals surface area contributed by atoms with E-state index in [-0.39, 0.29) is 11.7 Å². The number of hydrogen-bond donors (Lipinski definition) is 0. The maximum atomic E-state index is 11.9. The quantitative estimate of drug-likeness (QED) is 0.864. The summed E-state index contributed by atoms with van der Waals surface area (Å²) in [5.74, 6) is 1.94. The van der Waals surface area contributed by atoms with Crippen molar-refractivity contribution in [2.45, 2.75) is 38.0 Å². The van der Waals surface area contributed by atoms with Crippen LogP contribution in [0.2, 0.25) is 0 Å². The average Bonchev–Trinajstić information content (AvgIpc) is 2.97. The number of rotatable bonds is 4. The van der Waals surface area contributed by atoms with Gasteiger partial charge in [0.1, 0.15) is 11.5 Å². The molecule has 1 heterocycles. The molecule has 0 bridgehead atoms. The number of ketones is 1. The molecule has 1 unspecified atom stereocenters. The van der Waals surface area contributed by atoms with E-state index in [1.54, 1.807) is 7.11 Å². The fourth-order valence-corrected chi connectivity index (χ4v) is 2.65. The van der Waals surface area contributed by atoms with E-state index in [0.29, 0.717) is 24.6 Å². The summed E-state index contributed by atoms with van der Waals surface area (Å²) >= 11 is 0. The fraction of sp³-hybridized carbons (Fsp3) is 0.438. The minimum Gasteiger partial charge on any atom is -0.497 e. The van der Waals surface area contributed by atoms with Crippen molar-refractivity contribution in [1.82, 2.24) is 10.1 Å². The zero-order chi connectivity index (χ0) is 14.7. The summed E-state index contributed by atoms with van der Waals surface area (Å²) in [6.07, 6.45) is 4.06. The van der Waals surface area contributed by atoms with Gasteiger partial charge in [-0.15, -0.1) is 0 Å². The molecule has 1 fully saturated rings. The number of methoxy groups -OCH3 is 1. The Labute approximate surface area is 123 Å². The third kappa shape index (κ3) is 3.12. The monoisotopic (exact) mass is 286 g/mol. The zero-order valence-electron chi connectivity index (χ0n) is 12.0. The van der Waals surface area contributed by atoms with E-state index in [9.17, 15) is 4.79 Å². The lowest BCUT2D eigenvalue weighted by Gasteiger charge is -2.16. The van der Waals surface area contributed by atoms with Gasteiger partial charge in [0.05, 0.1) is 13.0 Å². The smallest absolute Gasteiger partial charge is 0.237 e. The van der Waals surface area contributed by atoms with E-state index < -0.39 is 0 Å². The molecular formula is C16H18N2O3. The number of ether oxygens (including phenoxy) is 1. The van der Waals surface area contributed by atoms with Crippen molar-refractivity contribution in [3.05, 3.63) is 41.5 Å². The molecule has 0 aliphatic heterocycles. The van der Waals surface area contributed by atoms with Gasteiger partial charge in [-0.25, -0.2) is 0 Å². The highest BCUT2D eigenvalue weighted by molar-refractivity contribution is 5.85. The molecule has 2 aromatic rings. The average molecular weight is 286 g/mol. The predicted molar refractivity (Wildman–Crippen MR) is 76.3 cm³/mol. The minimum absolute atomic E-state index is 0.198. The van der Waals surface area contributed by atoms with Gasteiger partial charge < -0.3 is 9.26 Å². The van der Waals surface area contributed by atoms with Crippen LogP contribution in [0.15, 0.2) is 28.8 Å². The van der Waals surface area contributed by atoms with Gasteiger partial charge >= 0.3 is 0 Å². The number of carbonyl (C=O) groups excluding carboxylic acids is 1. The highest BCUT2D eigenvalue weighted by atomic mass is 16.5. The van der Waals surface area contributed by atoms with E-state index in [2.05, 4.69) is 10.1 Å². The van der Waals surface area contributed by atoms with E-state index in [0.717, 1.165) is 30.6 Å². The molecule has 1 aromatic heterocycles. The first-order chi connectivity index (χ1) is 10.3. The van der Waals surface area contributed by atoms with Gasteiger partial charge in [-0.2, -0.15) is 4.98 Å². The zero-order valence-corrected chi connectivity index (χ0v) is 12.0. The topological polar surface area (TPSA) is 65.2 Å². The molecular weight excluding hydrogens is 268 g/mol. The highest BCUT2D eigenvalue weighted by Crippen LogP contribution is 2.29. The Hall–Kier alpha value is -2.17. The standard InChI is InChI=1S/C16H18N2O3/c1-20-12-8-6-11(7-9-12)10-15-17-16(21-18-15)13-4-2-3-5-14(13)19/h6-9,13H,2-5,10H2,1H3. The van der Waals surface area contributed by atoms with E-state index >= 15 is 0 Å². The van der Waals surface area contributed by atoms with E-state index in [4.69, 9.17) is 9.26 Å². The first-order valence-corrected chi connectivity index (χ1v) is 7.24. The number of aromatic nitrogens is 2.